The fourth-order valence-electron chi connectivity index (χ4n) is 3.04. The second kappa shape index (κ2) is 6.20. The molecule has 3 heterocycles. The molecule has 0 aliphatic carbocycles. The molecule has 0 bridgehead atoms. The van der Waals surface area contributed by atoms with E-state index in [0.717, 1.165) is 45.7 Å². The molecule has 110 valence electrons. The standard InChI is InChI=1S/C16H24N2O2/c1-3-13-4-5-15(12-6-7-20-11-12)16(17-13)10-18-8-14(9-18)19-2/h4-5,12,14H,3,6-11H2,1-2H3/t12-/m0/s1. The highest BCUT2D eigenvalue weighted by Crippen LogP contribution is 2.29. The lowest BCUT2D eigenvalue weighted by Gasteiger charge is -2.38. The van der Waals surface area contributed by atoms with E-state index in [1.807, 2.05) is 0 Å². The summed E-state index contributed by atoms with van der Waals surface area (Å²) in [5, 5.41) is 0. The molecule has 0 amide bonds. The van der Waals surface area contributed by atoms with Crippen LogP contribution in [0.3, 0.4) is 0 Å². The Morgan fingerprint density at radius 2 is 2.25 bits per heavy atom. The molecule has 2 saturated heterocycles. The monoisotopic (exact) mass is 276 g/mol. The van der Waals surface area contributed by atoms with Crippen LogP contribution in [0.4, 0.5) is 0 Å². The minimum atomic E-state index is 0.405. The molecule has 0 spiro atoms. The Bertz CT molecular complexity index is 452. The third-order valence-corrected chi connectivity index (χ3v) is 4.43. The van der Waals surface area contributed by atoms with E-state index >= 15 is 0 Å². The van der Waals surface area contributed by atoms with Crippen LogP contribution < -0.4 is 0 Å². The zero-order valence-electron chi connectivity index (χ0n) is 12.5. The van der Waals surface area contributed by atoms with E-state index in [1.165, 1.54) is 17.0 Å². The van der Waals surface area contributed by atoms with Crippen molar-refractivity contribution in [2.75, 3.05) is 33.4 Å². The molecule has 20 heavy (non-hydrogen) atoms. The van der Waals surface area contributed by atoms with Crippen molar-refractivity contribution in [3.05, 3.63) is 29.1 Å². The lowest BCUT2D eigenvalue weighted by Crippen LogP contribution is -2.51. The average molecular weight is 276 g/mol. The van der Waals surface area contributed by atoms with Gasteiger partial charge in [0.05, 0.1) is 18.4 Å². The van der Waals surface area contributed by atoms with E-state index in [-0.39, 0.29) is 0 Å². The summed E-state index contributed by atoms with van der Waals surface area (Å²) in [7, 11) is 1.79. The summed E-state index contributed by atoms with van der Waals surface area (Å²) in [5.74, 6) is 0.530. The van der Waals surface area contributed by atoms with E-state index in [2.05, 4.69) is 24.0 Å². The van der Waals surface area contributed by atoms with Gasteiger partial charge in [0.15, 0.2) is 0 Å². The van der Waals surface area contributed by atoms with Gasteiger partial charge in [0.25, 0.3) is 0 Å². The molecule has 4 heteroatoms. The summed E-state index contributed by atoms with van der Waals surface area (Å²) >= 11 is 0. The molecule has 1 aromatic rings. The van der Waals surface area contributed by atoms with Crippen LogP contribution in [-0.4, -0.2) is 49.4 Å². The smallest absolute Gasteiger partial charge is 0.0825 e. The lowest BCUT2D eigenvalue weighted by molar-refractivity contribution is -0.0340. The number of rotatable bonds is 5. The molecule has 1 atom stereocenters. The van der Waals surface area contributed by atoms with Crippen LogP contribution in [0.15, 0.2) is 12.1 Å². The molecule has 2 aliphatic rings. The second-order valence-corrected chi connectivity index (χ2v) is 5.80. The number of aromatic nitrogens is 1. The number of hydrogen-bond acceptors (Lipinski definition) is 4. The fourth-order valence-corrected chi connectivity index (χ4v) is 3.04. The van der Waals surface area contributed by atoms with Crippen molar-refractivity contribution in [3.8, 4) is 0 Å². The first-order chi connectivity index (χ1) is 9.80. The molecule has 0 radical (unpaired) electrons. The van der Waals surface area contributed by atoms with Gasteiger partial charge in [0.2, 0.25) is 0 Å². The summed E-state index contributed by atoms with van der Waals surface area (Å²) < 4.78 is 10.9. The largest absolute Gasteiger partial charge is 0.381 e. The van der Waals surface area contributed by atoms with E-state index in [1.54, 1.807) is 7.11 Å². The van der Waals surface area contributed by atoms with Crippen LogP contribution in [-0.2, 0) is 22.4 Å². The van der Waals surface area contributed by atoms with Crippen LogP contribution in [0.25, 0.3) is 0 Å². The lowest BCUT2D eigenvalue weighted by atomic mass is 9.95. The van der Waals surface area contributed by atoms with Crippen molar-refractivity contribution < 1.29 is 9.47 Å². The molecule has 1 aromatic heterocycles. The van der Waals surface area contributed by atoms with E-state index in [0.29, 0.717) is 12.0 Å². The first-order valence-corrected chi connectivity index (χ1v) is 7.61. The molecule has 0 unspecified atom stereocenters. The number of methoxy groups -OCH3 is 1. The molecule has 0 aromatic carbocycles. The van der Waals surface area contributed by atoms with Crippen molar-refractivity contribution in [2.45, 2.75) is 38.3 Å². The van der Waals surface area contributed by atoms with Gasteiger partial charge < -0.3 is 9.47 Å². The SMILES string of the molecule is CCc1ccc([C@H]2CCOC2)c(CN2CC(OC)C2)n1. The maximum Gasteiger partial charge on any atom is 0.0825 e. The first kappa shape index (κ1) is 14.0. The number of nitrogens with zero attached hydrogens (tertiary/aromatic N) is 2. The van der Waals surface area contributed by atoms with Gasteiger partial charge in [-0.3, -0.25) is 9.88 Å². The number of aryl methyl sites for hydroxylation is 1. The molecule has 3 rings (SSSR count). The molecule has 2 aliphatic heterocycles. The minimum Gasteiger partial charge on any atom is -0.381 e. The number of hydrogen-bond donors (Lipinski definition) is 0. The Hall–Kier alpha value is -0.970. The van der Waals surface area contributed by atoms with Gasteiger partial charge >= 0.3 is 0 Å². The Kier molecular flexibility index (Phi) is 4.34. The highest BCUT2D eigenvalue weighted by atomic mass is 16.5. The van der Waals surface area contributed by atoms with Gasteiger partial charge in [-0.05, 0) is 24.5 Å². The quantitative estimate of drug-likeness (QED) is 0.823. The third kappa shape index (κ3) is 2.87. The molecule has 0 saturated carbocycles. The summed E-state index contributed by atoms with van der Waals surface area (Å²) in [4.78, 5) is 7.28. The van der Waals surface area contributed by atoms with Gasteiger partial charge in [0.1, 0.15) is 0 Å². The highest BCUT2D eigenvalue weighted by molar-refractivity contribution is 5.28. The molecule has 0 N–H and O–H groups in total. The number of pyridine rings is 1. The summed E-state index contributed by atoms with van der Waals surface area (Å²) in [5.41, 5.74) is 3.82. The second-order valence-electron chi connectivity index (χ2n) is 5.80. The number of ether oxygens (including phenoxy) is 2. The van der Waals surface area contributed by atoms with Crippen molar-refractivity contribution in [1.29, 1.82) is 0 Å². The van der Waals surface area contributed by atoms with Crippen LogP contribution in [0, 0.1) is 0 Å². The zero-order valence-corrected chi connectivity index (χ0v) is 12.5. The van der Waals surface area contributed by atoms with Crippen LogP contribution in [0.1, 0.15) is 36.2 Å². The van der Waals surface area contributed by atoms with E-state index < -0.39 is 0 Å². The third-order valence-electron chi connectivity index (χ3n) is 4.43. The van der Waals surface area contributed by atoms with Gasteiger partial charge in [-0.15, -0.1) is 0 Å². The van der Waals surface area contributed by atoms with Crippen molar-refractivity contribution in [1.82, 2.24) is 9.88 Å². The zero-order chi connectivity index (χ0) is 13.9. The maximum absolute atomic E-state index is 5.54. The Balaban J connectivity index is 1.75. The maximum atomic E-state index is 5.54. The topological polar surface area (TPSA) is 34.6 Å². The van der Waals surface area contributed by atoms with Crippen LogP contribution in [0.5, 0.6) is 0 Å². The van der Waals surface area contributed by atoms with Crippen LogP contribution in [0.2, 0.25) is 0 Å². The molecular formula is C16H24N2O2. The molecular weight excluding hydrogens is 252 g/mol. The fraction of sp³-hybridized carbons (Fsp3) is 0.688. The average Bonchev–Trinajstić information content (AvgIpc) is 2.96. The van der Waals surface area contributed by atoms with Gasteiger partial charge in [-0.25, -0.2) is 0 Å². The molecule has 2 fully saturated rings. The van der Waals surface area contributed by atoms with E-state index in [4.69, 9.17) is 14.5 Å². The summed E-state index contributed by atoms with van der Waals surface area (Å²) in [6.07, 6.45) is 2.53. The van der Waals surface area contributed by atoms with Gasteiger partial charge in [-0.2, -0.15) is 0 Å². The Morgan fingerprint density at radius 3 is 2.90 bits per heavy atom. The normalized spacial score (nSPS) is 24.0. The van der Waals surface area contributed by atoms with Crippen molar-refractivity contribution in [2.24, 2.45) is 0 Å². The van der Waals surface area contributed by atoms with Crippen molar-refractivity contribution in [3.63, 3.8) is 0 Å². The minimum absolute atomic E-state index is 0.405. The predicted octanol–water partition coefficient (Wildman–Crippen LogP) is 1.98. The van der Waals surface area contributed by atoms with Crippen molar-refractivity contribution >= 4 is 0 Å². The summed E-state index contributed by atoms with van der Waals surface area (Å²) in [6, 6.07) is 4.44. The van der Waals surface area contributed by atoms with Crippen LogP contribution >= 0.6 is 0 Å². The van der Waals surface area contributed by atoms with Gasteiger partial charge in [-0.1, -0.05) is 13.0 Å². The number of likely N-dealkylation sites (tertiary alicyclic amines) is 1. The Morgan fingerprint density at radius 1 is 1.40 bits per heavy atom. The predicted molar refractivity (Wildman–Crippen MR) is 77.9 cm³/mol. The highest BCUT2D eigenvalue weighted by Gasteiger charge is 2.29. The summed E-state index contributed by atoms with van der Waals surface area (Å²) in [6.45, 7) is 6.88. The first-order valence-electron chi connectivity index (χ1n) is 7.61. The van der Waals surface area contributed by atoms with E-state index in [9.17, 15) is 0 Å². The Labute approximate surface area is 121 Å². The van der Waals surface area contributed by atoms with Gasteiger partial charge in [0, 0.05) is 45.0 Å². The molecule has 4 nitrogen and oxygen atoms in total.